The molecule has 1 aromatic carbocycles. The van der Waals surface area contributed by atoms with Gasteiger partial charge in [-0.15, -0.1) is 0 Å². The third-order valence-electron chi connectivity index (χ3n) is 6.52. The summed E-state index contributed by atoms with van der Waals surface area (Å²) in [6, 6.07) is 1.99. The molecular formula is C21H27IO4. The Labute approximate surface area is 169 Å². The Morgan fingerprint density at radius 1 is 1.12 bits per heavy atom. The molecule has 1 saturated carbocycles. The van der Waals surface area contributed by atoms with Gasteiger partial charge in [0.25, 0.3) is 0 Å². The monoisotopic (exact) mass is 470 g/mol. The lowest BCUT2D eigenvalue weighted by Crippen LogP contribution is -2.57. The van der Waals surface area contributed by atoms with E-state index in [1.807, 2.05) is 13.0 Å². The lowest BCUT2D eigenvalue weighted by molar-refractivity contribution is -0.129. The van der Waals surface area contributed by atoms with Gasteiger partial charge in [-0.05, 0) is 50.2 Å². The normalized spacial score (nSPS) is 33.7. The van der Waals surface area contributed by atoms with Gasteiger partial charge >= 0.3 is 5.97 Å². The zero-order valence-corrected chi connectivity index (χ0v) is 18.5. The second kappa shape index (κ2) is 5.52. The molecule has 0 radical (unpaired) electrons. The van der Waals surface area contributed by atoms with Crippen molar-refractivity contribution < 1.29 is 19.0 Å². The van der Waals surface area contributed by atoms with Gasteiger partial charge in [-0.1, -0.05) is 36.4 Å². The van der Waals surface area contributed by atoms with Crippen LogP contribution >= 0.6 is 22.6 Å². The van der Waals surface area contributed by atoms with Crippen LogP contribution < -0.4 is 9.47 Å². The Bertz CT molecular complexity index is 798. The van der Waals surface area contributed by atoms with E-state index in [1.165, 1.54) is 0 Å². The van der Waals surface area contributed by atoms with E-state index in [9.17, 15) is 4.79 Å². The number of carbonyl (C=O) groups is 1. The number of alkyl halides is 1. The molecule has 0 N–H and O–H groups in total. The molecule has 0 amide bonds. The van der Waals surface area contributed by atoms with Gasteiger partial charge in [-0.3, -0.25) is 0 Å². The Balaban J connectivity index is 1.88. The molecular weight excluding hydrogens is 443 g/mol. The van der Waals surface area contributed by atoms with Crippen LogP contribution in [0.4, 0.5) is 0 Å². The van der Waals surface area contributed by atoms with Gasteiger partial charge in [0.2, 0.25) is 5.79 Å². The number of hydrogen-bond donors (Lipinski definition) is 0. The number of hydrogen-bond acceptors (Lipinski definition) is 4. The highest BCUT2D eigenvalue weighted by atomic mass is 127. The van der Waals surface area contributed by atoms with Crippen molar-refractivity contribution in [1.29, 1.82) is 0 Å². The first kappa shape index (κ1) is 18.4. The number of halogens is 1. The highest BCUT2D eigenvalue weighted by Crippen LogP contribution is 2.57. The lowest BCUT2D eigenvalue weighted by Gasteiger charge is -2.55. The first-order valence-electron chi connectivity index (χ1n) is 9.36. The average molecular weight is 470 g/mol. The van der Waals surface area contributed by atoms with Gasteiger partial charge in [-0.2, -0.15) is 0 Å². The van der Waals surface area contributed by atoms with Crippen molar-refractivity contribution in [2.45, 2.75) is 76.1 Å². The van der Waals surface area contributed by atoms with Gasteiger partial charge in [0.05, 0.1) is 0 Å². The standard InChI is InChI=1S/C21H27IO4/c1-11-9-13-12(17-16(11)18(23)26-20(4,5)25-17)10-14-19(2,3)15(22)7-8-21(14,6)24-13/h9,14-15H,7-8,10H2,1-6H3/t14-,15-,21-/m0/s1. The molecule has 0 spiro atoms. The largest absolute Gasteiger partial charge is 0.487 e. The molecule has 1 fully saturated rings. The zero-order chi connectivity index (χ0) is 19.1. The molecule has 3 atom stereocenters. The topological polar surface area (TPSA) is 44.8 Å². The van der Waals surface area contributed by atoms with Crippen molar-refractivity contribution in [2.24, 2.45) is 11.3 Å². The Morgan fingerprint density at radius 3 is 2.50 bits per heavy atom. The van der Waals surface area contributed by atoms with Crippen molar-refractivity contribution >= 4 is 28.6 Å². The summed E-state index contributed by atoms with van der Waals surface area (Å²) >= 11 is 2.59. The fourth-order valence-corrected chi connectivity index (χ4v) is 5.76. The number of rotatable bonds is 0. The summed E-state index contributed by atoms with van der Waals surface area (Å²) < 4.78 is 18.8. The molecule has 0 saturated heterocycles. The Hall–Kier alpha value is -0.980. The predicted molar refractivity (Wildman–Crippen MR) is 108 cm³/mol. The molecule has 26 heavy (non-hydrogen) atoms. The second-order valence-electron chi connectivity index (χ2n) is 9.26. The highest BCUT2D eigenvalue weighted by molar-refractivity contribution is 14.1. The highest BCUT2D eigenvalue weighted by Gasteiger charge is 2.55. The molecule has 4 nitrogen and oxygen atoms in total. The number of fused-ring (bicyclic) bond motifs is 4. The van der Waals surface area contributed by atoms with Crippen LogP contribution in [0.2, 0.25) is 0 Å². The molecule has 3 aliphatic rings. The van der Waals surface area contributed by atoms with Crippen LogP contribution in [0.3, 0.4) is 0 Å². The minimum atomic E-state index is -0.958. The van der Waals surface area contributed by atoms with E-state index < -0.39 is 5.79 Å². The van der Waals surface area contributed by atoms with Gasteiger partial charge in [0, 0.05) is 29.3 Å². The van der Waals surface area contributed by atoms with Crippen LogP contribution in [-0.4, -0.2) is 21.3 Å². The third-order valence-corrected chi connectivity index (χ3v) is 8.75. The third kappa shape index (κ3) is 2.56. The molecule has 4 rings (SSSR count). The molecule has 5 heteroatoms. The van der Waals surface area contributed by atoms with Crippen LogP contribution in [0.1, 0.15) is 68.9 Å². The lowest BCUT2D eigenvalue weighted by atomic mass is 9.59. The molecule has 0 bridgehead atoms. The van der Waals surface area contributed by atoms with Gasteiger partial charge < -0.3 is 14.2 Å². The van der Waals surface area contributed by atoms with Gasteiger partial charge in [0.15, 0.2) is 0 Å². The first-order chi connectivity index (χ1) is 11.9. The Morgan fingerprint density at radius 2 is 1.81 bits per heavy atom. The van der Waals surface area contributed by atoms with Crippen molar-refractivity contribution in [3.63, 3.8) is 0 Å². The van der Waals surface area contributed by atoms with Crippen molar-refractivity contribution in [1.82, 2.24) is 0 Å². The number of cyclic esters (lactones) is 1. The maximum Gasteiger partial charge on any atom is 0.345 e. The summed E-state index contributed by atoms with van der Waals surface area (Å²) in [7, 11) is 0. The van der Waals surface area contributed by atoms with Crippen molar-refractivity contribution in [2.75, 3.05) is 0 Å². The van der Waals surface area contributed by atoms with Crippen LogP contribution in [0.15, 0.2) is 6.07 Å². The summed E-state index contributed by atoms with van der Waals surface area (Å²) in [5, 5.41) is 0. The van der Waals surface area contributed by atoms with E-state index in [0.717, 1.165) is 36.1 Å². The molecule has 142 valence electrons. The maximum atomic E-state index is 12.6. The molecule has 2 aliphatic heterocycles. The Kier molecular flexibility index (Phi) is 3.90. The van der Waals surface area contributed by atoms with E-state index in [4.69, 9.17) is 14.2 Å². The van der Waals surface area contributed by atoms with Gasteiger partial charge in [0.1, 0.15) is 22.7 Å². The van der Waals surface area contributed by atoms with Crippen LogP contribution in [0, 0.1) is 18.3 Å². The predicted octanol–water partition coefficient (Wildman–Crippen LogP) is 5.21. The zero-order valence-electron chi connectivity index (χ0n) is 16.4. The van der Waals surface area contributed by atoms with E-state index in [-0.39, 0.29) is 17.0 Å². The van der Waals surface area contributed by atoms with Crippen LogP contribution in [0.5, 0.6) is 11.5 Å². The fraction of sp³-hybridized carbons (Fsp3) is 0.667. The van der Waals surface area contributed by atoms with Crippen molar-refractivity contribution in [3.05, 3.63) is 22.8 Å². The number of ether oxygens (including phenoxy) is 3. The van der Waals surface area contributed by atoms with Gasteiger partial charge in [-0.25, -0.2) is 4.79 Å². The number of carbonyl (C=O) groups excluding carboxylic acids is 1. The van der Waals surface area contributed by atoms with Crippen LogP contribution in [0.25, 0.3) is 0 Å². The summed E-state index contributed by atoms with van der Waals surface area (Å²) in [6.07, 6.45) is 3.08. The number of esters is 1. The molecule has 2 heterocycles. The molecule has 0 unspecified atom stereocenters. The minimum Gasteiger partial charge on any atom is -0.487 e. The molecule has 1 aliphatic carbocycles. The minimum absolute atomic E-state index is 0.147. The summed E-state index contributed by atoms with van der Waals surface area (Å²) in [6.45, 7) is 12.4. The summed E-state index contributed by atoms with van der Waals surface area (Å²) in [5.41, 5.74) is 2.39. The maximum absolute atomic E-state index is 12.6. The first-order valence-corrected chi connectivity index (χ1v) is 10.6. The fourth-order valence-electron chi connectivity index (χ4n) is 5.01. The van der Waals surface area contributed by atoms with Crippen LogP contribution in [-0.2, 0) is 11.2 Å². The van der Waals surface area contributed by atoms with E-state index in [1.54, 1.807) is 13.8 Å². The van der Waals surface area contributed by atoms with Crippen molar-refractivity contribution in [3.8, 4) is 11.5 Å². The smallest absolute Gasteiger partial charge is 0.345 e. The molecule has 1 aromatic rings. The van der Waals surface area contributed by atoms with E-state index >= 15 is 0 Å². The number of benzene rings is 1. The average Bonchev–Trinajstić information content (AvgIpc) is 2.48. The number of aryl methyl sites for hydroxylation is 1. The molecule has 0 aromatic heterocycles. The van der Waals surface area contributed by atoms with E-state index in [2.05, 4.69) is 43.4 Å². The van der Waals surface area contributed by atoms with E-state index in [0.29, 0.717) is 21.2 Å². The second-order valence-corrected chi connectivity index (χ2v) is 10.8. The summed E-state index contributed by atoms with van der Waals surface area (Å²) in [5.74, 6) is 0.636. The summed E-state index contributed by atoms with van der Waals surface area (Å²) in [4.78, 5) is 12.6. The quantitative estimate of drug-likeness (QED) is 0.297. The SMILES string of the molecule is Cc1cc2c(c3c1C(=O)OC(C)(C)O3)C[C@H]1C(C)(C)[C@@H](I)CC[C@]1(C)O2.